The van der Waals surface area contributed by atoms with Gasteiger partial charge in [-0.15, -0.1) is 0 Å². The van der Waals surface area contributed by atoms with E-state index in [0.29, 0.717) is 0 Å². The van der Waals surface area contributed by atoms with E-state index in [9.17, 15) is 19.5 Å². The Morgan fingerprint density at radius 1 is 1.05 bits per heavy atom. The van der Waals surface area contributed by atoms with Crippen LogP contribution in [0.5, 0.6) is 0 Å². The van der Waals surface area contributed by atoms with Crippen molar-refractivity contribution in [3.05, 3.63) is 88.2 Å². The molecular formula is C27H27N5O8. The highest BCUT2D eigenvalue weighted by molar-refractivity contribution is 5.89. The van der Waals surface area contributed by atoms with Crippen molar-refractivity contribution < 1.29 is 33.6 Å². The van der Waals surface area contributed by atoms with Crippen molar-refractivity contribution in [1.29, 1.82) is 0 Å². The number of amides is 2. The van der Waals surface area contributed by atoms with E-state index in [1.165, 1.54) is 29.1 Å². The Bertz CT molecular complexity index is 1450. The Morgan fingerprint density at radius 3 is 2.60 bits per heavy atom. The zero-order valence-electron chi connectivity index (χ0n) is 21.2. The first-order valence-corrected chi connectivity index (χ1v) is 12.9. The number of urea groups is 1. The van der Waals surface area contributed by atoms with Gasteiger partial charge in [-0.1, -0.05) is 30.3 Å². The lowest BCUT2D eigenvalue weighted by Crippen LogP contribution is -2.35. The van der Waals surface area contributed by atoms with Crippen LogP contribution in [0.3, 0.4) is 0 Å². The molecule has 4 heterocycles. The number of carboxylic acids is 1. The molecule has 40 heavy (non-hydrogen) atoms. The fraction of sp³-hybridized carbons (Fsp3) is 0.370. The summed E-state index contributed by atoms with van der Waals surface area (Å²) in [5.41, 5.74) is 0.496. The molecular weight excluding hydrogens is 522 g/mol. The molecule has 13 nitrogen and oxygen atoms in total. The number of hydrogen-bond donors (Lipinski definition) is 3. The van der Waals surface area contributed by atoms with Gasteiger partial charge in [0, 0.05) is 24.0 Å². The Morgan fingerprint density at radius 2 is 1.85 bits per heavy atom. The van der Waals surface area contributed by atoms with Crippen molar-refractivity contribution in [3.63, 3.8) is 0 Å². The topological polar surface area (TPSA) is 163 Å². The number of carbonyl (C=O) groups excluding carboxylic acids is 1. The second-order valence-corrected chi connectivity index (χ2v) is 9.70. The molecule has 3 aromatic rings. The summed E-state index contributed by atoms with van der Waals surface area (Å²) in [5, 5.41) is 14.8. The summed E-state index contributed by atoms with van der Waals surface area (Å²) in [5.74, 6) is -0.985. The SMILES string of the molecule is O=C(Nc1ccn([C@@H]2O[C@H](COCc3ncccc3C(=O)O)C3O[C@H](c4ccccc4)O[C@@H]32)c(=O)n1)NC1CC1. The first kappa shape index (κ1) is 26.1. The number of carbonyl (C=O) groups is 2. The first-order chi connectivity index (χ1) is 19.5. The minimum atomic E-state index is -1.10. The predicted molar refractivity (Wildman–Crippen MR) is 137 cm³/mol. The number of ether oxygens (including phenoxy) is 4. The van der Waals surface area contributed by atoms with Gasteiger partial charge in [-0.3, -0.25) is 14.9 Å². The van der Waals surface area contributed by atoms with Crippen molar-refractivity contribution >= 4 is 17.8 Å². The zero-order chi connectivity index (χ0) is 27.6. The molecule has 208 valence electrons. The molecule has 3 aliphatic rings. The van der Waals surface area contributed by atoms with Crippen LogP contribution in [0, 0.1) is 0 Å². The Labute approximate surface area is 228 Å². The van der Waals surface area contributed by atoms with Gasteiger partial charge in [0.2, 0.25) is 0 Å². The molecule has 1 aromatic carbocycles. The van der Waals surface area contributed by atoms with Crippen LogP contribution in [-0.4, -0.2) is 62.6 Å². The van der Waals surface area contributed by atoms with Crippen LogP contribution < -0.4 is 16.3 Å². The van der Waals surface area contributed by atoms with Crippen molar-refractivity contribution in [1.82, 2.24) is 19.9 Å². The fourth-order valence-corrected chi connectivity index (χ4v) is 4.72. The quantitative estimate of drug-likeness (QED) is 0.361. The Balaban J connectivity index is 1.19. The Hall–Kier alpha value is -4.17. The maximum absolute atomic E-state index is 13.0. The highest BCUT2D eigenvalue weighted by Gasteiger charge is 2.54. The largest absolute Gasteiger partial charge is 0.478 e. The molecule has 0 radical (unpaired) electrons. The van der Waals surface area contributed by atoms with Crippen LogP contribution in [0.15, 0.2) is 65.7 Å². The number of pyridine rings is 1. The van der Waals surface area contributed by atoms with Crippen LogP contribution in [-0.2, 0) is 25.6 Å². The minimum absolute atomic E-state index is 0.0291. The monoisotopic (exact) mass is 549 g/mol. The van der Waals surface area contributed by atoms with Gasteiger partial charge in [-0.25, -0.2) is 14.4 Å². The van der Waals surface area contributed by atoms with E-state index in [-0.39, 0.29) is 36.3 Å². The normalized spacial score (nSPS) is 25.4. The number of benzene rings is 1. The fourth-order valence-electron chi connectivity index (χ4n) is 4.72. The summed E-state index contributed by atoms with van der Waals surface area (Å²) in [6, 6.07) is 13.6. The highest BCUT2D eigenvalue weighted by Crippen LogP contribution is 2.43. The van der Waals surface area contributed by atoms with Crippen LogP contribution in [0.2, 0.25) is 0 Å². The van der Waals surface area contributed by atoms with E-state index in [1.54, 1.807) is 6.07 Å². The third-order valence-corrected chi connectivity index (χ3v) is 6.82. The number of aromatic carboxylic acids is 1. The molecule has 5 atom stereocenters. The standard InChI is InChI=1S/C27H27N5O8/c33-24(34)17-7-4-11-28-18(17)13-37-14-19-21-22(40-25(39-21)15-5-2-1-3-6-15)23(38-19)32-12-10-20(31-27(32)36)30-26(35)29-16-8-9-16/h1-7,10-12,16,19,21-23,25H,8-9,13-14H2,(H,33,34)(H2,29,30,31,35,36)/t19-,21?,22+,23-,25+/m1/s1. The van der Waals surface area contributed by atoms with Crippen LogP contribution in [0.1, 0.15) is 47.0 Å². The van der Waals surface area contributed by atoms with Crippen molar-refractivity contribution in [2.75, 3.05) is 11.9 Å². The molecule has 1 aliphatic carbocycles. The molecule has 3 fully saturated rings. The number of anilines is 1. The molecule has 2 amide bonds. The van der Waals surface area contributed by atoms with Crippen LogP contribution >= 0.6 is 0 Å². The van der Waals surface area contributed by atoms with Gasteiger partial charge in [-0.05, 0) is 31.0 Å². The average Bonchev–Trinajstić information content (AvgIpc) is 3.54. The second kappa shape index (κ2) is 11.1. The number of rotatable bonds is 9. The molecule has 0 bridgehead atoms. The molecule has 2 aromatic heterocycles. The summed E-state index contributed by atoms with van der Waals surface area (Å²) in [6.07, 6.45) is 1.38. The summed E-state index contributed by atoms with van der Waals surface area (Å²) >= 11 is 0. The molecule has 6 rings (SSSR count). The zero-order valence-corrected chi connectivity index (χ0v) is 21.2. The van der Waals surface area contributed by atoms with E-state index in [4.69, 9.17) is 18.9 Å². The molecule has 3 N–H and O–H groups in total. The first-order valence-electron chi connectivity index (χ1n) is 12.9. The van der Waals surface area contributed by atoms with Gasteiger partial charge in [-0.2, -0.15) is 4.98 Å². The van der Waals surface area contributed by atoms with E-state index in [1.807, 2.05) is 30.3 Å². The molecule has 2 aliphatic heterocycles. The smallest absolute Gasteiger partial charge is 0.351 e. The van der Waals surface area contributed by atoms with Gasteiger partial charge in [0.1, 0.15) is 24.1 Å². The average molecular weight is 550 g/mol. The van der Waals surface area contributed by atoms with E-state index in [2.05, 4.69) is 20.6 Å². The van der Waals surface area contributed by atoms with Gasteiger partial charge >= 0.3 is 17.7 Å². The minimum Gasteiger partial charge on any atom is -0.478 e. The third kappa shape index (κ3) is 5.58. The summed E-state index contributed by atoms with van der Waals surface area (Å²) in [6.45, 7) is -0.0283. The van der Waals surface area contributed by atoms with E-state index in [0.717, 1.165) is 18.4 Å². The second-order valence-electron chi connectivity index (χ2n) is 9.70. The van der Waals surface area contributed by atoms with Crippen molar-refractivity contribution in [2.45, 2.75) is 56.3 Å². The molecule has 1 saturated carbocycles. The maximum Gasteiger partial charge on any atom is 0.351 e. The van der Waals surface area contributed by atoms with Crippen LogP contribution in [0.25, 0.3) is 0 Å². The lowest BCUT2D eigenvalue weighted by atomic mass is 10.1. The van der Waals surface area contributed by atoms with Gasteiger partial charge in [0.05, 0.1) is 24.5 Å². The molecule has 2 saturated heterocycles. The highest BCUT2D eigenvalue weighted by atomic mass is 16.8. The number of carboxylic acid groups (broad SMARTS) is 1. The Kier molecular flexibility index (Phi) is 7.26. The van der Waals surface area contributed by atoms with E-state index >= 15 is 0 Å². The number of hydrogen-bond acceptors (Lipinski definition) is 9. The van der Waals surface area contributed by atoms with Gasteiger partial charge in [0.25, 0.3) is 0 Å². The van der Waals surface area contributed by atoms with Gasteiger partial charge < -0.3 is 29.4 Å². The van der Waals surface area contributed by atoms with Gasteiger partial charge in [0.15, 0.2) is 12.5 Å². The molecule has 1 unspecified atom stereocenters. The number of nitrogens with zero attached hydrogens (tertiary/aromatic N) is 3. The lowest BCUT2D eigenvalue weighted by molar-refractivity contribution is -0.159. The summed E-state index contributed by atoms with van der Waals surface area (Å²) in [4.78, 5) is 44.7. The predicted octanol–water partition coefficient (Wildman–Crippen LogP) is 2.22. The summed E-state index contributed by atoms with van der Waals surface area (Å²) < 4.78 is 25.7. The number of fused-ring (bicyclic) bond motifs is 1. The molecule has 0 spiro atoms. The third-order valence-electron chi connectivity index (χ3n) is 6.82. The van der Waals surface area contributed by atoms with E-state index < -0.39 is 48.5 Å². The lowest BCUT2D eigenvalue weighted by Gasteiger charge is -2.22. The van der Waals surface area contributed by atoms with Crippen molar-refractivity contribution in [3.8, 4) is 0 Å². The maximum atomic E-state index is 13.0. The van der Waals surface area contributed by atoms with Crippen molar-refractivity contribution in [2.24, 2.45) is 0 Å². The molecule has 13 heteroatoms. The van der Waals surface area contributed by atoms with Crippen LogP contribution in [0.4, 0.5) is 10.6 Å². The number of aromatic nitrogens is 3. The summed E-state index contributed by atoms with van der Waals surface area (Å²) in [7, 11) is 0. The number of nitrogens with one attached hydrogen (secondary N) is 2.